The Labute approximate surface area is 335 Å². The Bertz CT molecular complexity index is 896. The second kappa shape index (κ2) is 37.8. The quantitative estimate of drug-likeness (QED) is 0.0246. The molecule has 0 aromatic heterocycles. The second-order valence-corrected chi connectivity index (χ2v) is 18.6. The number of rotatable bonds is 42. The van der Waals surface area contributed by atoms with Gasteiger partial charge in [0.1, 0.15) is 13.2 Å². The number of hydrogen-bond acceptors (Lipinski definition) is 5. The molecule has 0 saturated heterocycles. The maximum absolute atomic E-state index is 12.9. The number of carbonyl (C=O) groups is 1. The third-order valence-corrected chi connectivity index (χ3v) is 11.5. The van der Waals surface area contributed by atoms with E-state index in [-0.39, 0.29) is 19.1 Å². The summed E-state index contributed by atoms with van der Waals surface area (Å²) in [5, 5.41) is 13.8. The highest BCUT2D eigenvalue weighted by molar-refractivity contribution is 7.47. The standard InChI is InChI=1S/C45H91N2O6P/c1-6-8-10-12-14-16-18-20-21-22-23-24-25-26-27-29-31-33-35-37-39-45(49)46-43(42-53-54(50,51)52-41-40-47(3,4)5)44(48)38-36-34-32-30-28-19-17-15-13-11-9-7-2/h36,38,43-44,48H,6-35,37,39-42H2,1-5H3,(H-,46,49,50,51)/p+1/b38-36+/t43-,44+/m0/s1. The molecule has 0 aliphatic carbocycles. The molecule has 0 radical (unpaired) electrons. The molecule has 8 nitrogen and oxygen atoms in total. The molecule has 1 amide bonds. The van der Waals surface area contributed by atoms with Gasteiger partial charge in [-0.1, -0.05) is 206 Å². The molecule has 3 N–H and O–H groups in total. The summed E-state index contributed by atoms with van der Waals surface area (Å²) in [6.45, 7) is 4.82. The van der Waals surface area contributed by atoms with Gasteiger partial charge in [0.2, 0.25) is 5.91 Å². The van der Waals surface area contributed by atoms with E-state index in [1.165, 1.54) is 161 Å². The Morgan fingerprint density at radius 1 is 0.611 bits per heavy atom. The number of aliphatic hydroxyl groups is 1. The lowest BCUT2D eigenvalue weighted by Crippen LogP contribution is -2.45. The molecule has 0 heterocycles. The Balaban J connectivity index is 4.29. The van der Waals surface area contributed by atoms with Gasteiger partial charge in [0.25, 0.3) is 0 Å². The molecule has 0 aromatic rings. The van der Waals surface area contributed by atoms with Gasteiger partial charge < -0.3 is 19.8 Å². The summed E-state index contributed by atoms with van der Waals surface area (Å²) in [7, 11) is 1.58. The zero-order valence-electron chi connectivity index (χ0n) is 36.5. The van der Waals surface area contributed by atoms with Crippen LogP contribution in [-0.2, 0) is 18.4 Å². The number of hydrogen-bond donors (Lipinski definition) is 3. The van der Waals surface area contributed by atoms with Crippen molar-refractivity contribution in [3.8, 4) is 0 Å². The number of phosphoric ester groups is 1. The van der Waals surface area contributed by atoms with Crippen molar-refractivity contribution in [3.05, 3.63) is 12.2 Å². The minimum atomic E-state index is -4.33. The van der Waals surface area contributed by atoms with Gasteiger partial charge in [0, 0.05) is 6.42 Å². The molecule has 9 heteroatoms. The fourth-order valence-electron chi connectivity index (χ4n) is 6.81. The smallest absolute Gasteiger partial charge is 0.387 e. The summed E-state index contributed by atoms with van der Waals surface area (Å²) >= 11 is 0. The number of likely N-dealkylation sites (N-methyl/N-ethyl adjacent to an activating group) is 1. The Morgan fingerprint density at radius 2 is 0.981 bits per heavy atom. The predicted octanol–water partition coefficient (Wildman–Crippen LogP) is 12.8. The van der Waals surface area contributed by atoms with Gasteiger partial charge in [0.05, 0.1) is 39.9 Å². The number of nitrogens with one attached hydrogen (secondary N) is 1. The van der Waals surface area contributed by atoms with E-state index < -0.39 is 20.0 Å². The van der Waals surface area contributed by atoms with Crippen LogP contribution in [0.4, 0.5) is 0 Å². The fourth-order valence-corrected chi connectivity index (χ4v) is 7.54. The largest absolute Gasteiger partial charge is 0.472 e. The number of quaternary nitrogens is 1. The molecular weight excluding hydrogens is 695 g/mol. The zero-order chi connectivity index (χ0) is 40.0. The first-order chi connectivity index (χ1) is 26.0. The van der Waals surface area contributed by atoms with E-state index in [2.05, 4.69) is 19.2 Å². The number of carbonyl (C=O) groups excluding carboxylic acids is 1. The molecule has 0 aliphatic rings. The Kier molecular flexibility index (Phi) is 37.3. The first-order valence-corrected chi connectivity index (χ1v) is 24.6. The first-order valence-electron chi connectivity index (χ1n) is 23.1. The monoisotopic (exact) mass is 788 g/mol. The Morgan fingerprint density at radius 3 is 1.37 bits per heavy atom. The lowest BCUT2D eigenvalue weighted by Gasteiger charge is -2.25. The number of unbranched alkanes of at least 4 members (excludes halogenated alkanes) is 29. The fraction of sp³-hybridized carbons (Fsp3) is 0.933. The van der Waals surface area contributed by atoms with Crippen LogP contribution < -0.4 is 5.32 Å². The van der Waals surface area contributed by atoms with Crippen LogP contribution in [0.3, 0.4) is 0 Å². The number of nitrogens with zero attached hydrogens (tertiary/aromatic N) is 1. The lowest BCUT2D eigenvalue weighted by molar-refractivity contribution is -0.870. The van der Waals surface area contributed by atoms with E-state index in [0.717, 1.165) is 38.5 Å². The van der Waals surface area contributed by atoms with E-state index in [9.17, 15) is 19.4 Å². The van der Waals surface area contributed by atoms with Crippen molar-refractivity contribution in [1.82, 2.24) is 5.32 Å². The van der Waals surface area contributed by atoms with Crippen molar-refractivity contribution in [2.45, 2.75) is 231 Å². The molecule has 54 heavy (non-hydrogen) atoms. The van der Waals surface area contributed by atoms with Crippen molar-refractivity contribution in [1.29, 1.82) is 0 Å². The van der Waals surface area contributed by atoms with E-state index in [4.69, 9.17) is 9.05 Å². The molecule has 0 fully saturated rings. The predicted molar refractivity (Wildman–Crippen MR) is 231 cm³/mol. The molecule has 0 rings (SSSR count). The molecule has 0 saturated carbocycles. The summed E-state index contributed by atoms with van der Waals surface area (Å²) in [5.74, 6) is -0.174. The average Bonchev–Trinajstić information content (AvgIpc) is 3.12. The van der Waals surface area contributed by atoms with Crippen LogP contribution in [0.2, 0.25) is 0 Å². The molecule has 0 aromatic carbocycles. The Hall–Kier alpha value is -0.760. The number of phosphoric acid groups is 1. The van der Waals surface area contributed by atoms with Crippen molar-refractivity contribution in [2.24, 2.45) is 0 Å². The maximum atomic E-state index is 12.9. The molecule has 322 valence electrons. The van der Waals surface area contributed by atoms with Crippen LogP contribution in [0.25, 0.3) is 0 Å². The third-order valence-electron chi connectivity index (χ3n) is 10.5. The minimum absolute atomic E-state index is 0.0645. The SMILES string of the molecule is CCCCCCCCCCCC/C=C/[C@@H](O)[C@H](COP(=O)(O)OCC[N+](C)(C)C)NC(=O)CCCCCCCCCCCCCCCCCCCCCC. The molecule has 0 spiro atoms. The van der Waals surface area contributed by atoms with Gasteiger partial charge in [0.15, 0.2) is 0 Å². The van der Waals surface area contributed by atoms with Crippen molar-refractivity contribution in [2.75, 3.05) is 40.9 Å². The van der Waals surface area contributed by atoms with E-state index >= 15 is 0 Å². The van der Waals surface area contributed by atoms with Gasteiger partial charge in [-0.2, -0.15) is 0 Å². The van der Waals surface area contributed by atoms with Crippen molar-refractivity contribution < 1.29 is 32.9 Å². The maximum Gasteiger partial charge on any atom is 0.472 e. The summed E-state index contributed by atoms with van der Waals surface area (Å²) < 4.78 is 23.5. The summed E-state index contributed by atoms with van der Waals surface area (Å²) in [5.41, 5.74) is 0. The van der Waals surface area contributed by atoms with Crippen LogP contribution in [0.5, 0.6) is 0 Å². The van der Waals surface area contributed by atoms with Crippen molar-refractivity contribution >= 4 is 13.7 Å². The van der Waals surface area contributed by atoms with Crippen LogP contribution >= 0.6 is 7.82 Å². The zero-order valence-corrected chi connectivity index (χ0v) is 37.4. The molecule has 1 unspecified atom stereocenters. The average molecular weight is 788 g/mol. The molecule has 0 aliphatic heterocycles. The van der Waals surface area contributed by atoms with Crippen LogP contribution in [0, 0.1) is 0 Å². The number of allylic oxidation sites excluding steroid dienone is 1. The van der Waals surface area contributed by atoms with E-state index in [1.54, 1.807) is 6.08 Å². The van der Waals surface area contributed by atoms with Gasteiger partial charge in [-0.25, -0.2) is 4.57 Å². The number of amides is 1. The third kappa shape index (κ3) is 39.5. The highest BCUT2D eigenvalue weighted by atomic mass is 31.2. The lowest BCUT2D eigenvalue weighted by atomic mass is 10.0. The van der Waals surface area contributed by atoms with Gasteiger partial charge in [-0.15, -0.1) is 0 Å². The second-order valence-electron chi connectivity index (χ2n) is 17.1. The van der Waals surface area contributed by atoms with Crippen LogP contribution in [0.15, 0.2) is 12.2 Å². The topological polar surface area (TPSA) is 105 Å². The van der Waals surface area contributed by atoms with Gasteiger partial charge >= 0.3 is 7.82 Å². The van der Waals surface area contributed by atoms with Crippen molar-refractivity contribution in [3.63, 3.8) is 0 Å². The van der Waals surface area contributed by atoms with E-state index in [1.807, 2.05) is 27.2 Å². The number of aliphatic hydroxyl groups excluding tert-OH is 1. The molecule has 0 bridgehead atoms. The normalized spacial score (nSPS) is 14.4. The highest BCUT2D eigenvalue weighted by Gasteiger charge is 2.27. The minimum Gasteiger partial charge on any atom is -0.387 e. The summed E-state index contributed by atoms with van der Waals surface area (Å²) in [4.78, 5) is 23.1. The molecule has 3 atom stereocenters. The van der Waals surface area contributed by atoms with Crippen LogP contribution in [0.1, 0.15) is 219 Å². The highest BCUT2D eigenvalue weighted by Crippen LogP contribution is 2.43. The van der Waals surface area contributed by atoms with E-state index in [0.29, 0.717) is 17.4 Å². The van der Waals surface area contributed by atoms with Gasteiger partial charge in [-0.05, 0) is 19.3 Å². The first kappa shape index (κ1) is 53.2. The van der Waals surface area contributed by atoms with Crippen LogP contribution in [-0.4, -0.2) is 73.4 Å². The summed E-state index contributed by atoms with van der Waals surface area (Å²) in [6.07, 6.45) is 42.8. The molecular formula is C45H92N2O6P+. The van der Waals surface area contributed by atoms with Gasteiger partial charge in [-0.3, -0.25) is 13.8 Å². The summed E-state index contributed by atoms with van der Waals surface area (Å²) in [6, 6.07) is -0.839.